The van der Waals surface area contributed by atoms with Crippen LogP contribution in [0.5, 0.6) is 0 Å². The van der Waals surface area contributed by atoms with Gasteiger partial charge in [-0.05, 0) is 19.4 Å². The van der Waals surface area contributed by atoms with Crippen LogP contribution < -0.4 is 10.6 Å². The molecule has 0 aliphatic carbocycles. The lowest BCUT2D eigenvalue weighted by atomic mass is 10.0. The van der Waals surface area contributed by atoms with E-state index in [9.17, 15) is 9.59 Å². The number of carbonyl (C=O) groups is 2. The highest BCUT2D eigenvalue weighted by molar-refractivity contribution is 7.11. The molecular weight excluding hydrogens is 324 g/mol. The highest BCUT2D eigenvalue weighted by Crippen LogP contribution is 2.23. The largest absolute Gasteiger partial charge is 0.352 e. The Kier molecular flexibility index (Phi) is 4.80. The van der Waals surface area contributed by atoms with E-state index in [2.05, 4.69) is 15.6 Å². The lowest BCUT2D eigenvalue weighted by molar-refractivity contribution is -0.127. The second kappa shape index (κ2) is 7.00. The zero-order valence-corrected chi connectivity index (χ0v) is 14.5. The first-order chi connectivity index (χ1) is 11.6. The molecule has 1 saturated heterocycles. The summed E-state index contributed by atoms with van der Waals surface area (Å²) in [5, 5.41) is 6.58. The molecule has 1 atom stereocenters. The minimum Gasteiger partial charge on any atom is -0.352 e. The number of urea groups is 1. The molecule has 0 radical (unpaired) electrons. The zero-order valence-electron chi connectivity index (χ0n) is 13.7. The number of aryl methyl sites for hydroxylation is 2. The molecule has 1 aliphatic heterocycles. The van der Waals surface area contributed by atoms with E-state index in [-0.39, 0.29) is 11.9 Å². The number of nitrogens with one attached hydrogen (secondary N) is 2. The second-order valence-corrected chi connectivity index (χ2v) is 6.99. The van der Waals surface area contributed by atoms with Gasteiger partial charge >= 0.3 is 6.03 Å². The highest BCUT2D eigenvalue weighted by Gasteiger charge is 2.34. The SMILES string of the molecule is Cc1nc(CNC(=O)N2CCNC(=O)C2c2ccccc2)sc1C. The van der Waals surface area contributed by atoms with Crippen LogP contribution in [0.15, 0.2) is 30.3 Å². The first-order valence-electron chi connectivity index (χ1n) is 7.86. The minimum atomic E-state index is -0.597. The van der Waals surface area contributed by atoms with E-state index in [4.69, 9.17) is 0 Å². The van der Waals surface area contributed by atoms with Crippen LogP contribution in [0.1, 0.15) is 27.2 Å². The summed E-state index contributed by atoms with van der Waals surface area (Å²) in [6.45, 7) is 5.28. The number of thiazole rings is 1. The van der Waals surface area contributed by atoms with Crippen LogP contribution in [0.3, 0.4) is 0 Å². The van der Waals surface area contributed by atoms with Gasteiger partial charge in [0.15, 0.2) is 0 Å². The quantitative estimate of drug-likeness (QED) is 0.896. The maximum atomic E-state index is 12.6. The van der Waals surface area contributed by atoms with Gasteiger partial charge in [-0.15, -0.1) is 11.3 Å². The van der Waals surface area contributed by atoms with E-state index in [1.54, 1.807) is 16.2 Å². The molecule has 0 bridgehead atoms. The topological polar surface area (TPSA) is 74.3 Å². The Morgan fingerprint density at radius 2 is 2.12 bits per heavy atom. The number of piperazine rings is 1. The number of amides is 3. The van der Waals surface area contributed by atoms with Gasteiger partial charge in [-0.25, -0.2) is 9.78 Å². The summed E-state index contributed by atoms with van der Waals surface area (Å²) in [5.41, 5.74) is 1.80. The van der Waals surface area contributed by atoms with Gasteiger partial charge in [0.2, 0.25) is 5.91 Å². The highest BCUT2D eigenvalue weighted by atomic mass is 32.1. The van der Waals surface area contributed by atoms with Crippen molar-refractivity contribution in [1.29, 1.82) is 0 Å². The number of hydrogen-bond donors (Lipinski definition) is 2. The lowest BCUT2D eigenvalue weighted by Crippen LogP contribution is -2.54. The normalized spacial score (nSPS) is 17.5. The molecule has 7 heteroatoms. The summed E-state index contributed by atoms with van der Waals surface area (Å²) < 4.78 is 0. The Morgan fingerprint density at radius 3 is 2.79 bits per heavy atom. The van der Waals surface area contributed by atoms with Gasteiger partial charge in [-0.2, -0.15) is 0 Å². The van der Waals surface area contributed by atoms with Gasteiger partial charge < -0.3 is 15.5 Å². The van der Waals surface area contributed by atoms with Crippen LogP contribution in [-0.4, -0.2) is 34.9 Å². The summed E-state index contributed by atoms with van der Waals surface area (Å²) in [6.07, 6.45) is 0. The van der Waals surface area contributed by atoms with Crippen molar-refractivity contribution >= 4 is 23.3 Å². The second-order valence-electron chi connectivity index (χ2n) is 5.71. The third-order valence-corrected chi connectivity index (χ3v) is 5.12. The van der Waals surface area contributed by atoms with E-state index < -0.39 is 6.04 Å². The first kappa shape index (κ1) is 16.4. The van der Waals surface area contributed by atoms with Crippen LogP contribution in [-0.2, 0) is 11.3 Å². The lowest BCUT2D eigenvalue weighted by Gasteiger charge is -2.35. The fourth-order valence-electron chi connectivity index (χ4n) is 2.72. The van der Waals surface area contributed by atoms with Gasteiger partial charge in [0, 0.05) is 18.0 Å². The van der Waals surface area contributed by atoms with Crippen molar-refractivity contribution in [2.45, 2.75) is 26.4 Å². The summed E-state index contributed by atoms with van der Waals surface area (Å²) in [6, 6.07) is 8.51. The fourth-order valence-corrected chi connectivity index (χ4v) is 3.59. The van der Waals surface area contributed by atoms with Gasteiger partial charge in [-0.1, -0.05) is 30.3 Å². The monoisotopic (exact) mass is 344 g/mol. The predicted octanol–water partition coefficient (Wildman–Crippen LogP) is 2.14. The molecule has 2 aromatic rings. The number of hydrogen-bond acceptors (Lipinski definition) is 4. The standard InChI is InChI=1S/C17H20N4O2S/c1-11-12(2)24-14(20-11)10-19-17(23)21-9-8-18-16(22)15(21)13-6-4-3-5-7-13/h3-7,15H,8-10H2,1-2H3,(H,18,22)(H,19,23). The minimum absolute atomic E-state index is 0.150. The summed E-state index contributed by atoms with van der Waals surface area (Å²) in [5.74, 6) is -0.150. The van der Waals surface area contributed by atoms with Crippen LogP contribution in [0.2, 0.25) is 0 Å². The van der Waals surface area contributed by atoms with Crippen molar-refractivity contribution in [2.75, 3.05) is 13.1 Å². The van der Waals surface area contributed by atoms with Crippen molar-refractivity contribution in [3.8, 4) is 0 Å². The molecule has 3 amide bonds. The summed E-state index contributed by atoms with van der Waals surface area (Å²) in [4.78, 5) is 32.1. The molecule has 6 nitrogen and oxygen atoms in total. The van der Waals surface area contributed by atoms with Crippen LogP contribution in [0.25, 0.3) is 0 Å². The Balaban J connectivity index is 1.72. The third-order valence-electron chi connectivity index (χ3n) is 4.05. The Labute approximate surface area is 144 Å². The Hall–Kier alpha value is -2.41. The molecule has 1 aliphatic rings. The van der Waals surface area contributed by atoms with Crippen molar-refractivity contribution in [2.24, 2.45) is 0 Å². The van der Waals surface area contributed by atoms with Gasteiger partial charge in [0.05, 0.1) is 12.2 Å². The molecule has 2 N–H and O–H groups in total. The van der Waals surface area contributed by atoms with Crippen LogP contribution in [0, 0.1) is 13.8 Å². The molecule has 0 saturated carbocycles. The zero-order chi connectivity index (χ0) is 17.1. The summed E-state index contributed by atoms with van der Waals surface area (Å²) in [7, 11) is 0. The number of aromatic nitrogens is 1. The summed E-state index contributed by atoms with van der Waals surface area (Å²) >= 11 is 1.58. The molecule has 126 valence electrons. The van der Waals surface area contributed by atoms with E-state index in [1.807, 2.05) is 44.2 Å². The maximum absolute atomic E-state index is 12.6. The average molecular weight is 344 g/mol. The molecule has 2 heterocycles. The Bertz CT molecular complexity index is 725. The molecule has 3 rings (SSSR count). The van der Waals surface area contributed by atoms with Crippen molar-refractivity contribution in [1.82, 2.24) is 20.5 Å². The number of carbonyl (C=O) groups excluding carboxylic acids is 2. The molecular formula is C17H20N4O2S. The Morgan fingerprint density at radius 1 is 1.38 bits per heavy atom. The smallest absolute Gasteiger partial charge is 0.318 e. The fraction of sp³-hybridized carbons (Fsp3) is 0.353. The molecule has 1 fully saturated rings. The number of nitrogens with zero attached hydrogens (tertiary/aromatic N) is 2. The molecule has 0 spiro atoms. The first-order valence-corrected chi connectivity index (χ1v) is 8.68. The molecule has 1 aromatic carbocycles. The van der Waals surface area contributed by atoms with E-state index in [0.717, 1.165) is 21.1 Å². The number of rotatable bonds is 3. The number of benzene rings is 1. The van der Waals surface area contributed by atoms with Crippen molar-refractivity contribution in [3.05, 3.63) is 51.5 Å². The average Bonchev–Trinajstić information content (AvgIpc) is 2.91. The van der Waals surface area contributed by atoms with Gasteiger partial charge in [0.25, 0.3) is 0 Å². The molecule has 24 heavy (non-hydrogen) atoms. The van der Waals surface area contributed by atoms with Crippen molar-refractivity contribution < 1.29 is 9.59 Å². The van der Waals surface area contributed by atoms with Crippen LogP contribution in [0.4, 0.5) is 4.79 Å². The van der Waals surface area contributed by atoms with Crippen molar-refractivity contribution in [3.63, 3.8) is 0 Å². The molecule has 1 aromatic heterocycles. The maximum Gasteiger partial charge on any atom is 0.318 e. The van der Waals surface area contributed by atoms with E-state index in [1.165, 1.54) is 0 Å². The van der Waals surface area contributed by atoms with E-state index >= 15 is 0 Å². The van der Waals surface area contributed by atoms with Gasteiger partial charge in [-0.3, -0.25) is 4.79 Å². The van der Waals surface area contributed by atoms with Gasteiger partial charge in [0.1, 0.15) is 11.0 Å². The predicted molar refractivity (Wildman–Crippen MR) is 92.7 cm³/mol. The van der Waals surface area contributed by atoms with Crippen LogP contribution >= 0.6 is 11.3 Å². The molecule has 1 unspecified atom stereocenters. The third kappa shape index (κ3) is 3.41. The van der Waals surface area contributed by atoms with E-state index in [0.29, 0.717) is 19.6 Å².